The molecule has 1 atom stereocenters. The molecule has 0 aromatic heterocycles. The maximum absolute atomic E-state index is 5.60. The lowest BCUT2D eigenvalue weighted by Crippen LogP contribution is -2.45. The summed E-state index contributed by atoms with van der Waals surface area (Å²) in [5.74, 6) is 0. The van der Waals surface area contributed by atoms with Crippen molar-refractivity contribution >= 4 is 0 Å². The van der Waals surface area contributed by atoms with Crippen LogP contribution in [0.2, 0.25) is 0 Å². The molecular formula is C12H26N2O2. The van der Waals surface area contributed by atoms with Crippen molar-refractivity contribution in [3.8, 4) is 0 Å². The van der Waals surface area contributed by atoms with Crippen LogP contribution in [0, 0.1) is 0 Å². The fraction of sp³-hybridized carbons (Fsp3) is 1.00. The predicted octanol–water partition coefficient (Wildman–Crippen LogP) is 1.42. The van der Waals surface area contributed by atoms with E-state index in [0.29, 0.717) is 6.10 Å². The SMILES string of the molecule is CON(C)CCC(C)(C)NCC1CCCO1. The van der Waals surface area contributed by atoms with Crippen LogP contribution in [0.15, 0.2) is 0 Å². The van der Waals surface area contributed by atoms with Crippen molar-refractivity contribution in [2.24, 2.45) is 0 Å². The zero-order chi connectivity index (χ0) is 12.0. The normalized spacial score (nSPS) is 21.9. The molecule has 1 N–H and O–H groups in total. The first-order valence-corrected chi connectivity index (χ1v) is 6.15. The van der Waals surface area contributed by atoms with Crippen LogP contribution in [0.4, 0.5) is 0 Å². The molecule has 1 fully saturated rings. The highest BCUT2D eigenvalue weighted by molar-refractivity contribution is 4.80. The van der Waals surface area contributed by atoms with Crippen LogP contribution in [0.5, 0.6) is 0 Å². The molecule has 4 heteroatoms. The molecule has 4 nitrogen and oxygen atoms in total. The molecule has 0 radical (unpaired) electrons. The van der Waals surface area contributed by atoms with Gasteiger partial charge in [0.1, 0.15) is 0 Å². The van der Waals surface area contributed by atoms with Crippen LogP contribution in [0.25, 0.3) is 0 Å². The Morgan fingerprint density at radius 3 is 2.81 bits per heavy atom. The lowest BCUT2D eigenvalue weighted by atomic mass is 10.00. The Morgan fingerprint density at radius 1 is 1.50 bits per heavy atom. The summed E-state index contributed by atoms with van der Waals surface area (Å²) in [6.45, 7) is 7.28. The summed E-state index contributed by atoms with van der Waals surface area (Å²) < 4.78 is 5.60. The van der Waals surface area contributed by atoms with Crippen molar-refractivity contribution in [1.29, 1.82) is 0 Å². The van der Waals surface area contributed by atoms with Crippen molar-refractivity contribution < 1.29 is 9.57 Å². The molecule has 1 rings (SSSR count). The maximum Gasteiger partial charge on any atom is 0.0700 e. The van der Waals surface area contributed by atoms with E-state index in [1.165, 1.54) is 12.8 Å². The van der Waals surface area contributed by atoms with Gasteiger partial charge in [-0.3, -0.25) is 0 Å². The molecule has 1 unspecified atom stereocenters. The summed E-state index contributed by atoms with van der Waals surface area (Å²) in [5.41, 5.74) is 0.138. The van der Waals surface area contributed by atoms with Gasteiger partial charge < -0.3 is 14.9 Å². The highest BCUT2D eigenvalue weighted by Crippen LogP contribution is 2.14. The summed E-state index contributed by atoms with van der Waals surface area (Å²) in [6.07, 6.45) is 3.88. The van der Waals surface area contributed by atoms with Crippen LogP contribution >= 0.6 is 0 Å². The Kier molecular flexibility index (Phi) is 5.69. The molecule has 0 spiro atoms. The average Bonchev–Trinajstić information content (AvgIpc) is 2.76. The Labute approximate surface area is 99.2 Å². The topological polar surface area (TPSA) is 33.7 Å². The van der Waals surface area contributed by atoms with Crippen molar-refractivity contribution in [2.75, 3.05) is 33.9 Å². The van der Waals surface area contributed by atoms with Crippen LogP contribution in [0.1, 0.15) is 33.1 Å². The third-order valence-corrected chi connectivity index (χ3v) is 3.20. The largest absolute Gasteiger partial charge is 0.377 e. The second kappa shape index (κ2) is 6.55. The first-order valence-electron chi connectivity index (χ1n) is 6.15. The van der Waals surface area contributed by atoms with Crippen LogP contribution < -0.4 is 5.32 Å². The maximum atomic E-state index is 5.60. The third kappa shape index (κ3) is 5.25. The molecule has 1 saturated heterocycles. The zero-order valence-corrected chi connectivity index (χ0v) is 11.1. The minimum absolute atomic E-state index is 0.138. The first-order chi connectivity index (χ1) is 7.53. The van der Waals surface area contributed by atoms with Gasteiger partial charge in [0.05, 0.1) is 13.2 Å². The fourth-order valence-corrected chi connectivity index (χ4v) is 1.81. The standard InChI is InChI=1S/C12H26N2O2/c1-12(2,7-8-14(3)15-4)13-10-11-6-5-9-16-11/h11,13H,5-10H2,1-4H3. The summed E-state index contributed by atoms with van der Waals surface area (Å²) >= 11 is 0. The van der Waals surface area contributed by atoms with Crippen molar-refractivity contribution in [1.82, 2.24) is 10.4 Å². The quantitative estimate of drug-likeness (QED) is 0.671. The number of ether oxygens (including phenoxy) is 1. The van der Waals surface area contributed by atoms with Gasteiger partial charge in [0.2, 0.25) is 0 Å². The zero-order valence-electron chi connectivity index (χ0n) is 11.1. The highest BCUT2D eigenvalue weighted by Gasteiger charge is 2.21. The molecule has 1 aliphatic heterocycles. The van der Waals surface area contributed by atoms with Crippen molar-refractivity contribution in [3.63, 3.8) is 0 Å². The predicted molar refractivity (Wildman–Crippen MR) is 65.3 cm³/mol. The number of rotatable bonds is 7. The van der Waals surface area contributed by atoms with E-state index in [1.807, 2.05) is 12.1 Å². The van der Waals surface area contributed by atoms with Crippen molar-refractivity contribution in [2.45, 2.75) is 44.8 Å². The Morgan fingerprint density at radius 2 is 2.25 bits per heavy atom. The van der Waals surface area contributed by atoms with E-state index in [2.05, 4.69) is 19.2 Å². The number of nitrogens with zero attached hydrogens (tertiary/aromatic N) is 1. The van der Waals surface area contributed by atoms with Crippen LogP contribution in [0.3, 0.4) is 0 Å². The van der Waals surface area contributed by atoms with E-state index < -0.39 is 0 Å². The number of nitrogens with one attached hydrogen (secondary N) is 1. The van der Waals surface area contributed by atoms with Gasteiger partial charge in [-0.2, -0.15) is 5.06 Å². The highest BCUT2D eigenvalue weighted by atomic mass is 16.7. The summed E-state index contributed by atoms with van der Waals surface area (Å²) in [6, 6.07) is 0. The van der Waals surface area contributed by atoms with E-state index in [9.17, 15) is 0 Å². The Bertz CT molecular complexity index is 191. The number of hydroxylamine groups is 2. The van der Waals surface area contributed by atoms with Gasteiger partial charge in [-0.1, -0.05) is 0 Å². The molecule has 96 valence electrons. The first kappa shape index (κ1) is 13.9. The molecule has 0 aliphatic carbocycles. The molecule has 0 saturated carbocycles. The smallest absolute Gasteiger partial charge is 0.0700 e. The minimum atomic E-state index is 0.138. The van der Waals surface area contributed by atoms with Gasteiger partial charge in [-0.15, -0.1) is 0 Å². The van der Waals surface area contributed by atoms with E-state index in [4.69, 9.17) is 9.57 Å². The summed E-state index contributed by atoms with van der Waals surface area (Å²) in [5, 5.41) is 5.43. The second-order valence-corrected chi connectivity index (χ2v) is 5.18. The molecular weight excluding hydrogens is 204 g/mol. The fourth-order valence-electron chi connectivity index (χ4n) is 1.81. The van der Waals surface area contributed by atoms with E-state index in [1.54, 1.807) is 7.11 Å². The van der Waals surface area contributed by atoms with E-state index in [-0.39, 0.29) is 5.54 Å². The van der Waals surface area contributed by atoms with Gasteiger partial charge in [0, 0.05) is 32.3 Å². The van der Waals surface area contributed by atoms with E-state index in [0.717, 1.165) is 26.1 Å². The Hall–Kier alpha value is -0.160. The van der Waals surface area contributed by atoms with Crippen molar-refractivity contribution in [3.05, 3.63) is 0 Å². The molecule has 16 heavy (non-hydrogen) atoms. The van der Waals surface area contributed by atoms with Gasteiger partial charge >= 0.3 is 0 Å². The second-order valence-electron chi connectivity index (χ2n) is 5.18. The monoisotopic (exact) mass is 230 g/mol. The third-order valence-electron chi connectivity index (χ3n) is 3.20. The molecule has 0 amide bonds. The van der Waals surface area contributed by atoms with Crippen LogP contribution in [-0.2, 0) is 9.57 Å². The van der Waals surface area contributed by atoms with E-state index >= 15 is 0 Å². The van der Waals surface area contributed by atoms with Gasteiger partial charge in [-0.25, -0.2) is 0 Å². The molecule has 0 bridgehead atoms. The Balaban J connectivity index is 2.16. The summed E-state index contributed by atoms with van der Waals surface area (Å²) in [4.78, 5) is 5.10. The average molecular weight is 230 g/mol. The minimum Gasteiger partial charge on any atom is -0.377 e. The molecule has 0 aromatic carbocycles. The summed E-state index contributed by atoms with van der Waals surface area (Å²) in [7, 11) is 3.66. The number of hydrogen-bond acceptors (Lipinski definition) is 4. The van der Waals surface area contributed by atoms with Crippen LogP contribution in [-0.4, -0.2) is 50.6 Å². The van der Waals surface area contributed by atoms with Gasteiger partial charge in [0.15, 0.2) is 0 Å². The lowest BCUT2D eigenvalue weighted by molar-refractivity contribution is -0.112. The lowest BCUT2D eigenvalue weighted by Gasteiger charge is -2.29. The van der Waals surface area contributed by atoms with Gasteiger partial charge in [-0.05, 0) is 33.1 Å². The number of hydrogen-bond donors (Lipinski definition) is 1. The molecule has 0 aromatic rings. The molecule has 1 heterocycles. The molecule has 1 aliphatic rings. The van der Waals surface area contributed by atoms with Gasteiger partial charge in [0.25, 0.3) is 0 Å².